The van der Waals surface area contributed by atoms with E-state index < -0.39 is 23.5 Å². The summed E-state index contributed by atoms with van der Waals surface area (Å²) in [5.74, 6) is -1.74. The highest BCUT2D eigenvalue weighted by Crippen LogP contribution is 2.26. The van der Waals surface area contributed by atoms with Crippen LogP contribution in [-0.2, 0) is 0 Å². The zero-order valence-corrected chi connectivity index (χ0v) is 11.6. The molecule has 0 radical (unpaired) electrons. The van der Waals surface area contributed by atoms with E-state index in [1.807, 2.05) is 0 Å². The van der Waals surface area contributed by atoms with Crippen molar-refractivity contribution >= 4 is 15.9 Å². The molecule has 0 aliphatic carbocycles. The van der Waals surface area contributed by atoms with Crippen LogP contribution in [0.1, 0.15) is 17.2 Å². The lowest BCUT2D eigenvalue weighted by atomic mass is 9.98. The molecular formula is C14H11BrF3N. The summed E-state index contributed by atoms with van der Waals surface area (Å²) in [6.07, 6.45) is 0. The summed E-state index contributed by atoms with van der Waals surface area (Å²) < 4.78 is 40.5. The molecule has 1 unspecified atom stereocenters. The van der Waals surface area contributed by atoms with Crippen molar-refractivity contribution in [3.8, 4) is 0 Å². The summed E-state index contributed by atoms with van der Waals surface area (Å²) in [6, 6.07) is 7.12. The van der Waals surface area contributed by atoms with Crippen molar-refractivity contribution in [1.29, 1.82) is 0 Å². The Hall–Kier alpha value is -1.33. The molecule has 0 amide bonds. The molecule has 19 heavy (non-hydrogen) atoms. The summed E-state index contributed by atoms with van der Waals surface area (Å²) in [6.45, 7) is 0. The van der Waals surface area contributed by atoms with Gasteiger partial charge in [0.25, 0.3) is 0 Å². The number of rotatable bonds is 3. The van der Waals surface area contributed by atoms with E-state index in [1.165, 1.54) is 24.3 Å². The highest BCUT2D eigenvalue weighted by atomic mass is 79.9. The molecule has 5 heteroatoms. The first-order valence-corrected chi connectivity index (χ1v) is 6.38. The fourth-order valence-corrected chi connectivity index (χ4v) is 2.49. The van der Waals surface area contributed by atoms with E-state index in [9.17, 15) is 13.2 Å². The van der Waals surface area contributed by atoms with Crippen molar-refractivity contribution in [1.82, 2.24) is 5.32 Å². The first-order chi connectivity index (χ1) is 8.99. The van der Waals surface area contributed by atoms with Gasteiger partial charge in [0.05, 0.1) is 6.04 Å². The maximum atomic E-state index is 13.4. The second-order valence-corrected chi connectivity index (χ2v) is 5.04. The van der Waals surface area contributed by atoms with Crippen LogP contribution < -0.4 is 5.32 Å². The number of halogens is 4. The molecule has 2 aromatic carbocycles. The standard InChI is InChI=1S/C14H11BrF3N/c1-19-14(8-2-10(15)6-11(16)3-8)9-4-12(17)7-13(18)5-9/h2-7,14,19H,1H3. The largest absolute Gasteiger partial charge is 0.309 e. The van der Waals surface area contributed by atoms with Crippen LogP contribution in [-0.4, -0.2) is 7.05 Å². The topological polar surface area (TPSA) is 12.0 Å². The number of nitrogens with one attached hydrogen (secondary N) is 1. The highest BCUT2D eigenvalue weighted by molar-refractivity contribution is 9.10. The van der Waals surface area contributed by atoms with E-state index in [0.717, 1.165) is 6.07 Å². The summed E-state index contributed by atoms with van der Waals surface area (Å²) in [5.41, 5.74) is 0.983. The Bertz CT molecular complexity index is 509. The second kappa shape index (κ2) is 5.75. The van der Waals surface area contributed by atoms with Crippen LogP contribution in [0.5, 0.6) is 0 Å². The molecule has 0 heterocycles. The van der Waals surface area contributed by atoms with Gasteiger partial charge in [-0.3, -0.25) is 0 Å². The molecular weight excluding hydrogens is 319 g/mol. The van der Waals surface area contributed by atoms with Gasteiger partial charge in [-0.05, 0) is 48.5 Å². The predicted octanol–water partition coefficient (Wildman–Crippen LogP) is 4.18. The van der Waals surface area contributed by atoms with E-state index in [0.29, 0.717) is 15.6 Å². The van der Waals surface area contributed by atoms with Gasteiger partial charge >= 0.3 is 0 Å². The van der Waals surface area contributed by atoms with Crippen molar-refractivity contribution in [3.05, 3.63) is 69.4 Å². The van der Waals surface area contributed by atoms with Gasteiger partial charge in [0.15, 0.2) is 0 Å². The quantitative estimate of drug-likeness (QED) is 0.890. The van der Waals surface area contributed by atoms with Gasteiger partial charge in [-0.2, -0.15) is 0 Å². The predicted molar refractivity (Wildman–Crippen MR) is 71.4 cm³/mol. The summed E-state index contributed by atoms with van der Waals surface area (Å²) in [5, 5.41) is 2.92. The fraction of sp³-hybridized carbons (Fsp3) is 0.143. The molecule has 2 aromatic rings. The average Bonchev–Trinajstić information content (AvgIpc) is 2.27. The lowest BCUT2D eigenvalue weighted by Gasteiger charge is -2.18. The van der Waals surface area contributed by atoms with E-state index in [-0.39, 0.29) is 0 Å². The maximum absolute atomic E-state index is 13.4. The van der Waals surface area contributed by atoms with E-state index in [1.54, 1.807) is 13.1 Å². The summed E-state index contributed by atoms with van der Waals surface area (Å²) in [7, 11) is 1.65. The monoisotopic (exact) mass is 329 g/mol. The molecule has 0 fully saturated rings. The lowest BCUT2D eigenvalue weighted by Crippen LogP contribution is -2.18. The minimum atomic E-state index is -0.661. The van der Waals surface area contributed by atoms with Gasteiger partial charge in [-0.15, -0.1) is 0 Å². The first-order valence-electron chi connectivity index (χ1n) is 5.59. The molecule has 1 atom stereocenters. The highest BCUT2D eigenvalue weighted by Gasteiger charge is 2.15. The molecule has 0 bridgehead atoms. The molecule has 100 valence electrons. The zero-order valence-electron chi connectivity index (χ0n) is 10.1. The molecule has 0 aliphatic heterocycles. The van der Waals surface area contributed by atoms with E-state index in [2.05, 4.69) is 21.2 Å². The molecule has 1 nitrogen and oxygen atoms in total. The van der Waals surface area contributed by atoms with Gasteiger partial charge in [0.1, 0.15) is 17.5 Å². The Morgan fingerprint density at radius 2 is 1.32 bits per heavy atom. The van der Waals surface area contributed by atoms with Gasteiger partial charge in [-0.1, -0.05) is 15.9 Å². The van der Waals surface area contributed by atoms with Crippen LogP contribution >= 0.6 is 15.9 Å². The molecule has 1 N–H and O–H groups in total. The number of hydrogen-bond donors (Lipinski definition) is 1. The van der Waals surface area contributed by atoms with Crippen LogP contribution in [0.3, 0.4) is 0 Å². The Kier molecular flexibility index (Phi) is 4.27. The third-order valence-electron chi connectivity index (χ3n) is 2.73. The minimum Gasteiger partial charge on any atom is -0.309 e. The van der Waals surface area contributed by atoms with Crippen molar-refractivity contribution in [2.75, 3.05) is 7.05 Å². The molecule has 0 saturated carbocycles. The maximum Gasteiger partial charge on any atom is 0.126 e. The number of benzene rings is 2. The molecule has 0 aromatic heterocycles. The minimum absolute atomic E-state index is 0.400. The van der Waals surface area contributed by atoms with Crippen molar-refractivity contribution in [3.63, 3.8) is 0 Å². The normalized spacial score (nSPS) is 12.5. The third kappa shape index (κ3) is 3.36. The van der Waals surface area contributed by atoms with Crippen LogP contribution in [0.25, 0.3) is 0 Å². The Balaban J connectivity index is 2.49. The van der Waals surface area contributed by atoms with Gasteiger partial charge in [0, 0.05) is 10.5 Å². The lowest BCUT2D eigenvalue weighted by molar-refractivity contribution is 0.570. The van der Waals surface area contributed by atoms with Gasteiger partial charge < -0.3 is 5.32 Å². The van der Waals surface area contributed by atoms with Gasteiger partial charge in [0.2, 0.25) is 0 Å². The average molecular weight is 330 g/mol. The summed E-state index contributed by atoms with van der Waals surface area (Å²) in [4.78, 5) is 0. The van der Waals surface area contributed by atoms with Crippen LogP contribution in [0.2, 0.25) is 0 Å². The Morgan fingerprint density at radius 1 is 0.842 bits per heavy atom. The van der Waals surface area contributed by atoms with Crippen LogP contribution in [0.4, 0.5) is 13.2 Å². The molecule has 2 rings (SSSR count). The van der Waals surface area contributed by atoms with Crippen molar-refractivity contribution < 1.29 is 13.2 Å². The SMILES string of the molecule is CNC(c1cc(F)cc(F)c1)c1cc(F)cc(Br)c1. The van der Waals surface area contributed by atoms with Gasteiger partial charge in [-0.25, -0.2) is 13.2 Å². The van der Waals surface area contributed by atoms with Crippen molar-refractivity contribution in [2.45, 2.75) is 6.04 Å². The zero-order chi connectivity index (χ0) is 14.0. The van der Waals surface area contributed by atoms with E-state index in [4.69, 9.17) is 0 Å². The molecule has 0 spiro atoms. The van der Waals surface area contributed by atoms with E-state index >= 15 is 0 Å². The fourth-order valence-electron chi connectivity index (χ4n) is 2.01. The third-order valence-corrected chi connectivity index (χ3v) is 3.18. The Morgan fingerprint density at radius 3 is 1.79 bits per heavy atom. The van der Waals surface area contributed by atoms with Crippen molar-refractivity contribution in [2.24, 2.45) is 0 Å². The number of hydrogen-bond acceptors (Lipinski definition) is 1. The molecule has 0 aliphatic rings. The Labute approximate surface area is 117 Å². The van der Waals surface area contributed by atoms with Crippen LogP contribution in [0.15, 0.2) is 40.9 Å². The first kappa shape index (κ1) is 14.1. The molecule has 0 saturated heterocycles. The summed E-state index contributed by atoms with van der Waals surface area (Å²) >= 11 is 3.20. The van der Waals surface area contributed by atoms with Crippen LogP contribution in [0, 0.1) is 17.5 Å². The second-order valence-electron chi connectivity index (χ2n) is 4.13. The smallest absolute Gasteiger partial charge is 0.126 e.